The van der Waals surface area contributed by atoms with Crippen molar-refractivity contribution >= 4 is 17.7 Å². The normalized spacial score (nSPS) is 10.5. The van der Waals surface area contributed by atoms with Gasteiger partial charge in [-0.1, -0.05) is 24.8 Å². The molecule has 0 spiro atoms. The van der Waals surface area contributed by atoms with Crippen LogP contribution in [0.3, 0.4) is 0 Å². The zero-order chi connectivity index (χ0) is 17.4. The summed E-state index contributed by atoms with van der Waals surface area (Å²) < 4.78 is 15.8. The van der Waals surface area contributed by atoms with Gasteiger partial charge in [-0.25, -0.2) is 0 Å². The molecule has 1 aromatic carbocycles. The van der Waals surface area contributed by atoms with Gasteiger partial charge in [0, 0.05) is 13.0 Å². The van der Waals surface area contributed by atoms with Crippen molar-refractivity contribution in [3.8, 4) is 11.5 Å². The number of benzene rings is 1. The molecular formula is C16H21N3O4S. The molecule has 0 fully saturated rings. The van der Waals surface area contributed by atoms with Gasteiger partial charge in [0.25, 0.3) is 5.22 Å². The van der Waals surface area contributed by atoms with Gasteiger partial charge in [0.2, 0.25) is 11.8 Å². The van der Waals surface area contributed by atoms with E-state index >= 15 is 0 Å². The summed E-state index contributed by atoms with van der Waals surface area (Å²) in [6.07, 6.45) is 1.39. The van der Waals surface area contributed by atoms with E-state index < -0.39 is 0 Å². The summed E-state index contributed by atoms with van der Waals surface area (Å²) in [6.45, 7) is 2.47. The van der Waals surface area contributed by atoms with Gasteiger partial charge in [-0.15, -0.1) is 10.2 Å². The first-order chi connectivity index (χ1) is 11.7. The second kappa shape index (κ2) is 9.17. The first-order valence-corrected chi connectivity index (χ1v) is 8.57. The van der Waals surface area contributed by atoms with Crippen LogP contribution in [0.4, 0.5) is 0 Å². The summed E-state index contributed by atoms with van der Waals surface area (Å²) >= 11 is 1.23. The summed E-state index contributed by atoms with van der Waals surface area (Å²) in [4.78, 5) is 11.8. The summed E-state index contributed by atoms with van der Waals surface area (Å²) in [5, 5.41) is 11.0. The van der Waals surface area contributed by atoms with Gasteiger partial charge in [-0.3, -0.25) is 4.79 Å². The molecule has 24 heavy (non-hydrogen) atoms. The molecule has 0 unspecified atom stereocenters. The summed E-state index contributed by atoms with van der Waals surface area (Å²) in [5.74, 6) is 2.12. The van der Waals surface area contributed by atoms with Crippen molar-refractivity contribution in [1.82, 2.24) is 15.5 Å². The van der Waals surface area contributed by atoms with Crippen molar-refractivity contribution in [3.05, 3.63) is 29.7 Å². The van der Waals surface area contributed by atoms with Crippen LogP contribution in [-0.4, -0.2) is 42.6 Å². The van der Waals surface area contributed by atoms with Gasteiger partial charge >= 0.3 is 0 Å². The largest absolute Gasteiger partial charge is 0.493 e. The van der Waals surface area contributed by atoms with Crippen LogP contribution in [0.25, 0.3) is 0 Å². The topological polar surface area (TPSA) is 86.5 Å². The van der Waals surface area contributed by atoms with Gasteiger partial charge in [-0.2, -0.15) is 0 Å². The average Bonchev–Trinajstić information content (AvgIpc) is 3.08. The molecule has 8 heteroatoms. The van der Waals surface area contributed by atoms with Crippen LogP contribution in [0, 0.1) is 0 Å². The summed E-state index contributed by atoms with van der Waals surface area (Å²) in [7, 11) is 3.20. The highest BCUT2D eigenvalue weighted by Gasteiger charge is 2.09. The third-order valence-corrected chi connectivity index (χ3v) is 4.08. The van der Waals surface area contributed by atoms with Gasteiger partial charge in [0.1, 0.15) is 0 Å². The Labute approximate surface area is 145 Å². The molecule has 0 saturated carbocycles. The highest BCUT2D eigenvalue weighted by Crippen LogP contribution is 2.27. The molecule has 1 aromatic heterocycles. The molecule has 130 valence electrons. The number of hydrogen-bond acceptors (Lipinski definition) is 7. The zero-order valence-corrected chi connectivity index (χ0v) is 14.8. The fourth-order valence-electron chi connectivity index (χ4n) is 2.00. The predicted octanol–water partition coefficient (Wildman–Crippen LogP) is 2.10. The van der Waals surface area contributed by atoms with Gasteiger partial charge in [-0.05, 0) is 24.1 Å². The second-order valence-corrected chi connectivity index (χ2v) is 5.82. The number of carbonyl (C=O) groups is 1. The third kappa shape index (κ3) is 5.16. The van der Waals surface area contributed by atoms with Crippen LogP contribution in [0.1, 0.15) is 18.4 Å². The van der Waals surface area contributed by atoms with Crippen molar-refractivity contribution in [2.45, 2.75) is 25.0 Å². The van der Waals surface area contributed by atoms with Crippen LogP contribution < -0.4 is 14.8 Å². The highest BCUT2D eigenvalue weighted by molar-refractivity contribution is 7.99. The van der Waals surface area contributed by atoms with Crippen LogP contribution >= 0.6 is 11.8 Å². The fourth-order valence-corrected chi connectivity index (χ4v) is 2.61. The maximum Gasteiger partial charge on any atom is 0.277 e. The average molecular weight is 351 g/mol. The lowest BCUT2D eigenvalue weighted by atomic mass is 10.1. The molecule has 1 N–H and O–H groups in total. The summed E-state index contributed by atoms with van der Waals surface area (Å²) in [5.41, 5.74) is 1.06. The fraction of sp³-hybridized carbons (Fsp3) is 0.438. The number of nitrogens with one attached hydrogen (secondary N) is 1. The zero-order valence-electron chi connectivity index (χ0n) is 14.0. The standard InChI is InChI=1S/C16H21N3O4S/c1-4-15-18-19-16(23-15)24-10-14(20)17-8-7-11-5-6-12(21-2)13(9-11)22-3/h5-6,9H,4,7-8,10H2,1-3H3,(H,17,20). The first-order valence-electron chi connectivity index (χ1n) is 7.59. The number of hydrogen-bond donors (Lipinski definition) is 1. The molecule has 7 nitrogen and oxygen atoms in total. The van der Waals surface area contributed by atoms with Crippen LogP contribution in [-0.2, 0) is 17.6 Å². The Kier molecular flexibility index (Phi) is 6.92. The molecule has 0 radical (unpaired) electrons. The maximum atomic E-state index is 11.8. The van der Waals surface area contributed by atoms with E-state index in [1.807, 2.05) is 25.1 Å². The Morgan fingerprint density at radius 2 is 2.04 bits per heavy atom. The molecule has 0 aliphatic heterocycles. The third-order valence-electron chi connectivity index (χ3n) is 3.26. The van der Waals surface area contributed by atoms with E-state index in [1.165, 1.54) is 11.8 Å². The molecule has 0 bridgehead atoms. The number of thioether (sulfide) groups is 1. The monoisotopic (exact) mass is 351 g/mol. The number of carbonyl (C=O) groups excluding carboxylic acids is 1. The van der Waals surface area contributed by atoms with E-state index in [-0.39, 0.29) is 11.7 Å². The number of amides is 1. The van der Waals surface area contributed by atoms with Crippen molar-refractivity contribution in [1.29, 1.82) is 0 Å². The molecule has 0 saturated heterocycles. The highest BCUT2D eigenvalue weighted by atomic mass is 32.2. The summed E-state index contributed by atoms with van der Waals surface area (Å²) in [6, 6.07) is 5.71. The Morgan fingerprint density at radius 1 is 1.25 bits per heavy atom. The predicted molar refractivity (Wildman–Crippen MR) is 90.7 cm³/mol. The molecule has 2 rings (SSSR count). The van der Waals surface area contributed by atoms with Crippen molar-refractivity contribution in [3.63, 3.8) is 0 Å². The van der Waals surface area contributed by atoms with E-state index in [9.17, 15) is 4.79 Å². The van der Waals surface area contributed by atoms with Crippen molar-refractivity contribution in [2.75, 3.05) is 26.5 Å². The smallest absolute Gasteiger partial charge is 0.277 e. The molecule has 2 aromatic rings. The van der Waals surface area contributed by atoms with E-state index in [4.69, 9.17) is 13.9 Å². The quantitative estimate of drug-likeness (QED) is 0.692. The Balaban J connectivity index is 1.74. The Bertz CT molecular complexity index is 675. The van der Waals surface area contributed by atoms with E-state index in [0.29, 0.717) is 42.0 Å². The minimum absolute atomic E-state index is 0.0725. The van der Waals surface area contributed by atoms with Crippen molar-refractivity contribution in [2.24, 2.45) is 0 Å². The molecular weight excluding hydrogens is 330 g/mol. The van der Waals surface area contributed by atoms with Crippen LogP contribution in [0.5, 0.6) is 11.5 Å². The van der Waals surface area contributed by atoms with Gasteiger partial charge < -0.3 is 19.2 Å². The number of aryl methyl sites for hydroxylation is 1. The van der Waals surface area contributed by atoms with E-state index in [2.05, 4.69) is 15.5 Å². The number of nitrogens with zero attached hydrogens (tertiary/aromatic N) is 2. The minimum atomic E-state index is -0.0725. The molecule has 1 amide bonds. The molecule has 0 aliphatic rings. The van der Waals surface area contributed by atoms with E-state index in [1.54, 1.807) is 14.2 Å². The van der Waals surface area contributed by atoms with Gasteiger partial charge in [0.05, 0.1) is 20.0 Å². The Morgan fingerprint density at radius 3 is 2.71 bits per heavy atom. The number of rotatable bonds is 9. The second-order valence-electron chi connectivity index (χ2n) is 4.89. The SMILES string of the molecule is CCc1nnc(SCC(=O)NCCc2ccc(OC)c(OC)c2)o1. The van der Waals surface area contributed by atoms with Crippen LogP contribution in [0.15, 0.2) is 27.8 Å². The molecule has 1 heterocycles. The Hall–Kier alpha value is -2.22. The molecule has 0 aliphatic carbocycles. The lowest BCUT2D eigenvalue weighted by Crippen LogP contribution is -2.27. The lowest BCUT2D eigenvalue weighted by Gasteiger charge is -2.10. The van der Waals surface area contributed by atoms with E-state index in [0.717, 1.165) is 5.56 Å². The number of methoxy groups -OCH3 is 2. The minimum Gasteiger partial charge on any atom is -0.493 e. The van der Waals surface area contributed by atoms with Gasteiger partial charge in [0.15, 0.2) is 11.5 Å². The van der Waals surface area contributed by atoms with Crippen LogP contribution in [0.2, 0.25) is 0 Å². The molecule has 0 atom stereocenters. The lowest BCUT2D eigenvalue weighted by molar-refractivity contribution is -0.118. The number of aromatic nitrogens is 2. The number of ether oxygens (including phenoxy) is 2. The van der Waals surface area contributed by atoms with Crippen molar-refractivity contribution < 1.29 is 18.7 Å². The first kappa shape index (κ1) is 18.1. The maximum absolute atomic E-state index is 11.8.